The normalized spacial score (nSPS) is 12.7. The van der Waals surface area contributed by atoms with Crippen LogP contribution in [0.15, 0.2) is 0 Å². The van der Waals surface area contributed by atoms with Gasteiger partial charge in [0, 0.05) is 6.42 Å². The average molecular weight is 127 g/mol. The molecule has 2 nitrogen and oxygen atoms in total. The van der Waals surface area contributed by atoms with Crippen LogP contribution < -0.4 is 0 Å². The number of rotatable bonds is 4. The Hall–Kier alpha value is -0.660. The molecule has 0 bridgehead atoms. The minimum absolute atomic E-state index is 0.00694. The predicted octanol–water partition coefficient (Wildman–Crippen LogP) is 1.10. The molecule has 51 valence electrons. The fraction of sp³-hybridized carbons (Fsp3) is 0.714. The van der Waals surface area contributed by atoms with E-state index in [0.717, 1.165) is 0 Å². The summed E-state index contributed by atoms with van der Waals surface area (Å²) in [4.78, 5) is 20.7. The first-order chi connectivity index (χ1) is 4.26. The molecule has 0 aliphatic rings. The minimum atomic E-state index is -0.477. The number of carbonyl (C=O) groups is 1. The largest absolute Gasteiger partial charge is 0.299 e. The molecule has 0 N–H and O–H groups in total. The van der Waals surface area contributed by atoms with Gasteiger partial charge in [0.1, 0.15) is 5.78 Å². The van der Waals surface area contributed by atoms with Crippen molar-refractivity contribution in [3.63, 3.8) is 0 Å². The number of carbonyl (C=O) groups excluding carboxylic acids is 2. The molecule has 1 unspecified atom stereocenters. The van der Waals surface area contributed by atoms with Gasteiger partial charge in [-0.05, 0) is 6.42 Å². The fourth-order valence-corrected chi connectivity index (χ4v) is 0.623. The molecule has 0 fully saturated rings. The van der Waals surface area contributed by atoms with Gasteiger partial charge in [-0.25, -0.2) is 0 Å². The van der Waals surface area contributed by atoms with Gasteiger partial charge in [0.05, 0.1) is 5.92 Å². The van der Waals surface area contributed by atoms with Crippen LogP contribution in [0, 0.1) is 5.92 Å². The Morgan fingerprint density at radius 2 is 2.11 bits per heavy atom. The molecule has 0 rings (SSSR count). The Bertz CT molecular complexity index is 107. The molecule has 0 aromatic heterocycles. The molecule has 0 saturated heterocycles. The van der Waals surface area contributed by atoms with E-state index in [4.69, 9.17) is 0 Å². The lowest BCUT2D eigenvalue weighted by Gasteiger charge is -1.99. The zero-order valence-corrected chi connectivity index (χ0v) is 5.81. The van der Waals surface area contributed by atoms with Crippen LogP contribution in [0.1, 0.15) is 26.7 Å². The van der Waals surface area contributed by atoms with E-state index in [1.807, 2.05) is 6.92 Å². The van der Waals surface area contributed by atoms with Gasteiger partial charge < -0.3 is 0 Å². The van der Waals surface area contributed by atoms with Gasteiger partial charge in [-0.1, -0.05) is 13.8 Å². The van der Waals surface area contributed by atoms with E-state index in [2.05, 4.69) is 0 Å². The quantitative estimate of drug-likeness (QED) is 0.530. The monoisotopic (exact) mass is 127 g/mol. The van der Waals surface area contributed by atoms with Gasteiger partial charge in [-0.15, -0.1) is 0 Å². The Kier molecular flexibility index (Phi) is 3.93. The minimum Gasteiger partial charge on any atom is -0.299 e. The van der Waals surface area contributed by atoms with E-state index in [1.165, 1.54) is 0 Å². The van der Waals surface area contributed by atoms with E-state index in [0.29, 0.717) is 12.8 Å². The van der Waals surface area contributed by atoms with Crippen LogP contribution in [-0.4, -0.2) is 12.1 Å². The Morgan fingerprint density at radius 1 is 1.56 bits per heavy atom. The second-order valence-electron chi connectivity index (χ2n) is 1.90. The predicted molar refractivity (Wildman–Crippen MR) is 34.8 cm³/mol. The molecule has 0 amide bonds. The third kappa shape index (κ3) is 2.40. The van der Waals surface area contributed by atoms with E-state index in [9.17, 15) is 9.59 Å². The lowest BCUT2D eigenvalue weighted by molar-refractivity contribution is -0.120. The van der Waals surface area contributed by atoms with Crippen LogP contribution in [0.5, 0.6) is 0 Å². The zero-order valence-electron chi connectivity index (χ0n) is 5.81. The van der Waals surface area contributed by atoms with E-state index in [1.54, 1.807) is 13.2 Å². The number of hydrogen-bond acceptors (Lipinski definition) is 2. The molecule has 0 aromatic rings. The molecule has 0 spiro atoms. The Labute approximate surface area is 55.3 Å². The highest BCUT2D eigenvalue weighted by Gasteiger charge is 2.12. The summed E-state index contributed by atoms with van der Waals surface area (Å²) in [6.07, 6.45) is 2.72. The molecule has 0 saturated carbocycles. The first-order valence-electron chi connectivity index (χ1n) is 3.16. The number of ketones is 1. The van der Waals surface area contributed by atoms with E-state index < -0.39 is 5.92 Å². The maximum Gasteiger partial charge on any atom is 0.209 e. The second-order valence-corrected chi connectivity index (χ2v) is 1.90. The zero-order chi connectivity index (χ0) is 7.28. The lowest BCUT2D eigenvalue weighted by Crippen LogP contribution is -2.13. The molecule has 1 atom stereocenters. The van der Waals surface area contributed by atoms with Gasteiger partial charge in [-0.3, -0.25) is 9.59 Å². The van der Waals surface area contributed by atoms with Gasteiger partial charge >= 0.3 is 0 Å². The van der Waals surface area contributed by atoms with E-state index >= 15 is 0 Å². The van der Waals surface area contributed by atoms with Crippen molar-refractivity contribution in [1.29, 1.82) is 0 Å². The Morgan fingerprint density at radius 3 is 2.22 bits per heavy atom. The second kappa shape index (κ2) is 4.24. The topological polar surface area (TPSA) is 34.1 Å². The standard InChI is InChI=1S/C7H11O2/c1-3-6(5-8)7(9)4-2/h6H,3-4H2,1-2H3. The van der Waals surface area contributed by atoms with Crippen molar-refractivity contribution in [2.75, 3.05) is 0 Å². The summed E-state index contributed by atoms with van der Waals surface area (Å²) < 4.78 is 0. The molecule has 2 heteroatoms. The summed E-state index contributed by atoms with van der Waals surface area (Å²) in [7, 11) is 0. The van der Waals surface area contributed by atoms with Crippen molar-refractivity contribution in [2.24, 2.45) is 5.92 Å². The molecule has 0 aliphatic carbocycles. The van der Waals surface area contributed by atoms with Crippen LogP contribution in [0.2, 0.25) is 0 Å². The summed E-state index contributed by atoms with van der Waals surface area (Å²) in [6, 6.07) is 0. The smallest absolute Gasteiger partial charge is 0.209 e. The first kappa shape index (κ1) is 8.34. The summed E-state index contributed by atoms with van der Waals surface area (Å²) in [6.45, 7) is 3.56. The van der Waals surface area contributed by atoms with Crippen LogP contribution in [-0.2, 0) is 9.59 Å². The Balaban J connectivity index is 3.78. The van der Waals surface area contributed by atoms with E-state index in [-0.39, 0.29) is 5.78 Å². The maximum absolute atomic E-state index is 10.7. The van der Waals surface area contributed by atoms with Gasteiger partial charge in [0.15, 0.2) is 0 Å². The van der Waals surface area contributed by atoms with Crippen molar-refractivity contribution < 1.29 is 9.59 Å². The highest BCUT2D eigenvalue weighted by molar-refractivity contribution is 5.93. The van der Waals surface area contributed by atoms with Crippen LogP contribution in [0.3, 0.4) is 0 Å². The fourth-order valence-electron chi connectivity index (χ4n) is 0.623. The highest BCUT2D eigenvalue weighted by Crippen LogP contribution is 2.01. The van der Waals surface area contributed by atoms with Crippen LogP contribution in [0.4, 0.5) is 0 Å². The summed E-state index contributed by atoms with van der Waals surface area (Å²) in [5.74, 6) is -0.484. The summed E-state index contributed by atoms with van der Waals surface area (Å²) in [5.41, 5.74) is 0. The molecule has 9 heavy (non-hydrogen) atoms. The molecular weight excluding hydrogens is 116 g/mol. The molecule has 0 aliphatic heterocycles. The summed E-state index contributed by atoms with van der Waals surface area (Å²) >= 11 is 0. The molecular formula is C7H11O2. The average Bonchev–Trinajstić information content (AvgIpc) is 1.90. The van der Waals surface area contributed by atoms with Gasteiger partial charge in [0.2, 0.25) is 6.29 Å². The summed E-state index contributed by atoms with van der Waals surface area (Å²) in [5, 5.41) is 0. The highest BCUT2D eigenvalue weighted by atomic mass is 16.1. The third-order valence-electron chi connectivity index (χ3n) is 1.29. The lowest BCUT2D eigenvalue weighted by atomic mass is 10.0. The number of hydrogen-bond donors (Lipinski definition) is 0. The van der Waals surface area contributed by atoms with Crippen molar-refractivity contribution >= 4 is 12.1 Å². The van der Waals surface area contributed by atoms with Crippen molar-refractivity contribution in [3.8, 4) is 0 Å². The molecule has 1 radical (unpaired) electrons. The SMILES string of the molecule is CCC(=O)C([C]=O)CC. The molecule has 0 heterocycles. The van der Waals surface area contributed by atoms with Crippen molar-refractivity contribution in [1.82, 2.24) is 0 Å². The first-order valence-corrected chi connectivity index (χ1v) is 3.16. The van der Waals surface area contributed by atoms with Gasteiger partial charge in [-0.2, -0.15) is 0 Å². The molecule has 0 aromatic carbocycles. The van der Waals surface area contributed by atoms with Crippen LogP contribution in [0.25, 0.3) is 0 Å². The van der Waals surface area contributed by atoms with Crippen molar-refractivity contribution in [2.45, 2.75) is 26.7 Å². The maximum atomic E-state index is 10.7. The third-order valence-corrected chi connectivity index (χ3v) is 1.29. The van der Waals surface area contributed by atoms with Crippen LogP contribution >= 0.6 is 0 Å². The van der Waals surface area contributed by atoms with Crippen molar-refractivity contribution in [3.05, 3.63) is 0 Å². The number of Topliss-reactive ketones (excluding diaryl/α,β-unsaturated/α-hetero) is 1. The van der Waals surface area contributed by atoms with Gasteiger partial charge in [0.25, 0.3) is 0 Å².